The molecule has 25 heavy (non-hydrogen) atoms. The SMILES string of the molecule is COc1ccc(C2CCCN2C(=O)NCc2cccnc2)c(OC)c1. The molecule has 2 heterocycles. The van der Waals surface area contributed by atoms with E-state index in [1.165, 1.54) is 0 Å². The third-order valence-electron chi connectivity index (χ3n) is 4.48. The molecule has 1 fully saturated rings. The minimum Gasteiger partial charge on any atom is -0.497 e. The standard InChI is InChI=1S/C19H23N3O3/c1-24-15-7-8-16(18(11-15)25-2)17-6-4-10-22(17)19(23)21-13-14-5-3-9-20-12-14/h3,5,7-9,11-12,17H,4,6,10,13H2,1-2H3,(H,21,23). The van der Waals surface area contributed by atoms with E-state index in [4.69, 9.17) is 9.47 Å². The molecule has 6 heteroatoms. The zero-order chi connectivity index (χ0) is 17.6. The van der Waals surface area contributed by atoms with Crippen LogP contribution in [0, 0.1) is 0 Å². The van der Waals surface area contributed by atoms with E-state index in [9.17, 15) is 4.79 Å². The molecule has 1 atom stereocenters. The molecular weight excluding hydrogens is 318 g/mol. The minimum absolute atomic E-state index is 0.00903. The van der Waals surface area contributed by atoms with Gasteiger partial charge in [0.2, 0.25) is 0 Å². The van der Waals surface area contributed by atoms with Crippen LogP contribution in [0.15, 0.2) is 42.7 Å². The van der Waals surface area contributed by atoms with Gasteiger partial charge in [-0.15, -0.1) is 0 Å². The van der Waals surface area contributed by atoms with Gasteiger partial charge in [-0.3, -0.25) is 4.98 Å². The second-order valence-electron chi connectivity index (χ2n) is 5.98. The highest BCUT2D eigenvalue weighted by Gasteiger charge is 2.31. The van der Waals surface area contributed by atoms with Crippen LogP contribution < -0.4 is 14.8 Å². The Morgan fingerprint density at radius 1 is 1.32 bits per heavy atom. The molecule has 1 N–H and O–H groups in total. The number of amides is 2. The molecule has 1 aromatic heterocycles. The van der Waals surface area contributed by atoms with E-state index in [-0.39, 0.29) is 12.1 Å². The largest absolute Gasteiger partial charge is 0.497 e. The van der Waals surface area contributed by atoms with E-state index in [0.717, 1.165) is 42.0 Å². The highest BCUT2D eigenvalue weighted by molar-refractivity contribution is 5.75. The second-order valence-corrected chi connectivity index (χ2v) is 5.98. The van der Waals surface area contributed by atoms with Gasteiger partial charge < -0.3 is 19.7 Å². The minimum atomic E-state index is -0.0655. The van der Waals surface area contributed by atoms with Crippen LogP contribution in [-0.2, 0) is 6.54 Å². The van der Waals surface area contributed by atoms with Crippen LogP contribution in [0.2, 0.25) is 0 Å². The lowest BCUT2D eigenvalue weighted by Gasteiger charge is -2.26. The molecule has 6 nitrogen and oxygen atoms in total. The number of hydrogen-bond donors (Lipinski definition) is 1. The van der Waals surface area contributed by atoms with E-state index in [2.05, 4.69) is 10.3 Å². The Bertz CT molecular complexity index is 721. The van der Waals surface area contributed by atoms with Gasteiger partial charge in [0.15, 0.2) is 0 Å². The van der Waals surface area contributed by atoms with Crippen LogP contribution >= 0.6 is 0 Å². The molecule has 3 rings (SSSR count). The Hall–Kier alpha value is -2.76. The summed E-state index contributed by atoms with van der Waals surface area (Å²) in [6.07, 6.45) is 5.37. The van der Waals surface area contributed by atoms with Crippen LogP contribution in [0.4, 0.5) is 4.79 Å². The Labute approximate surface area is 147 Å². The number of rotatable bonds is 5. The smallest absolute Gasteiger partial charge is 0.318 e. The van der Waals surface area contributed by atoms with E-state index in [1.54, 1.807) is 26.6 Å². The Kier molecular flexibility index (Phi) is 5.38. The summed E-state index contributed by atoms with van der Waals surface area (Å²) in [5.41, 5.74) is 1.99. The molecular formula is C19H23N3O3. The maximum atomic E-state index is 12.7. The molecule has 0 saturated carbocycles. The number of aromatic nitrogens is 1. The number of carbonyl (C=O) groups is 1. The zero-order valence-electron chi connectivity index (χ0n) is 14.6. The molecule has 0 spiro atoms. The lowest BCUT2D eigenvalue weighted by atomic mass is 10.0. The predicted molar refractivity (Wildman–Crippen MR) is 94.7 cm³/mol. The lowest BCUT2D eigenvalue weighted by Crippen LogP contribution is -2.39. The summed E-state index contributed by atoms with van der Waals surface area (Å²) in [4.78, 5) is 18.6. The van der Waals surface area contributed by atoms with E-state index >= 15 is 0 Å². The monoisotopic (exact) mass is 341 g/mol. The normalized spacial score (nSPS) is 16.6. The first-order valence-corrected chi connectivity index (χ1v) is 8.38. The van der Waals surface area contributed by atoms with Crippen LogP contribution in [0.5, 0.6) is 11.5 Å². The van der Waals surface area contributed by atoms with Crippen LogP contribution in [0.25, 0.3) is 0 Å². The molecule has 132 valence electrons. The first-order valence-electron chi connectivity index (χ1n) is 8.38. The first kappa shape index (κ1) is 17.1. The second kappa shape index (κ2) is 7.88. The Morgan fingerprint density at radius 2 is 2.20 bits per heavy atom. The molecule has 2 amide bonds. The number of carbonyl (C=O) groups excluding carboxylic acids is 1. The predicted octanol–water partition coefficient (Wildman–Crippen LogP) is 3.15. The fourth-order valence-electron chi connectivity index (χ4n) is 3.21. The number of nitrogens with zero attached hydrogens (tertiary/aromatic N) is 2. The number of benzene rings is 1. The van der Waals surface area contributed by atoms with Gasteiger partial charge in [-0.05, 0) is 36.6 Å². The summed E-state index contributed by atoms with van der Waals surface area (Å²) in [5.74, 6) is 1.49. The van der Waals surface area contributed by atoms with Crippen molar-refractivity contribution in [2.75, 3.05) is 20.8 Å². The van der Waals surface area contributed by atoms with Crippen LogP contribution in [0.1, 0.15) is 30.0 Å². The third-order valence-corrected chi connectivity index (χ3v) is 4.48. The van der Waals surface area contributed by atoms with Gasteiger partial charge in [0.25, 0.3) is 0 Å². The van der Waals surface area contributed by atoms with E-state index in [1.807, 2.05) is 35.2 Å². The van der Waals surface area contributed by atoms with Crippen molar-refractivity contribution in [3.63, 3.8) is 0 Å². The topological polar surface area (TPSA) is 63.7 Å². The maximum absolute atomic E-state index is 12.7. The van der Waals surface area contributed by atoms with Crippen molar-refractivity contribution in [3.8, 4) is 11.5 Å². The van der Waals surface area contributed by atoms with Gasteiger partial charge in [0.05, 0.1) is 20.3 Å². The summed E-state index contributed by atoms with van der Waals surface area (Å²) in [6, 6.07) is 9.50. The summed E-state index contributed by atoms with van der Waals surface area (Å²) >= 11 is 0. The fourth-order valence-corrected chi connectivity index (χ4v) is 3.21. The highest BCUT2D eigenvalue weighted by atomic mass is 16.5. The number of urea groups is 1. The number of likely N-dealkylation sites (tertiary alicyclic amines) is 1. The summed E-state index contributed by atoms with van der Waals surface area (Å²) < 4.78 is 10.8. The van der Waals surface area contributed by atoms with E-state index < -0.39 is 0 Å². The molecule has 1 aliphatic rings. The molecule has 1 aromatic carbocycles. The molecule has 1 aliphatic heterocycles. The molecule has 2 aromatic rings. The Balaban J connectivity index is 1.73. The lowest BCUT2D eigenvalue weighted by molar-refractivity contribution is 0.191. The van der Waals surface area contributed by atoms with Crippen molar-refractivity contribution in [3.05, 3.63) is 53.9 Å². The van der Waals surface area contributed by atoms with Gasteiger partial charge >= 0.3 is 6.03 Å². The molecule has 0 radical (unpaired) electrons. The van der Waals surface area contributed by atoms with Gasteiger partial charge in [-0.25, -0.2) is 4.79 Å². The van der Waals surface area contributed by atoms with Crippen LogP contribution in [0.3, 0.4) is 0 Å². The third kappa shape index (κ3) is 3.84. The highest BCUT2D eigenvalue weighted by Crippen LogP contribution is 2.38. The fraction of sp³-hybridized carbons (Fsp3) is 0.368. The molecule has 1 unspecified atom stereocenters. The average molecular weight is 341 g/mol. The summed E-state index contributed by atoms with van der Waals surface area (Å²) in [7, 11) is 3.27. The average Bonchev–Trinajstić information content (AvgIpc) is 3.16. The molecule has 0 bridgehead atoms. The maximum Gasteiger partial charge on any atom is 0.318 e. The number of hydrogen-bond acceptors (Lipinski definition) is 4. The molecule has 1 saturated heterocycles. The first-order chi connectivity index (χ1) is 12.2. The van der Waals surface area contributed by atoms with Crippen molar-refractivity contribution in [2.45, 2.75) is 25.4 Å². The van der Waals surface area contributed by atoms with Crippen LogP contribution in [-0.4, -0.2) is 36.7 Å². The molecule has 0 aliphatic carbocycles. The van der Waals surface area contributed by atoms with Gasteiger partial charge in [0.1, 0.15) is 11.5 Å². The van der Waals surface area contributed by atoms with Crippen molar-refractivity contribution in [2.24, 2.45) is 0 Å². The summed E-state index contributed by atoms with van der Waals surface area (Å²) in [5, 5.41) is 2.98. The number of methoxy groups -OCH3 is 2. The van der Waals surface area contributed by atoms with Crippen molar-refractivity contribution in [1.29, 1.82) is 0 Å². The van der Waals surface area contributed by atoms with Gasteiger partial charge in [0, 0.05) is 37.1 Å². The quantitative estimate of drug-likeness (QED) is 0.907. The number of nitrogens with one attached hydrogen (secondary N) is 1. The Morgan fingerprint density at radius 3 is 2.92 bits per heavy atom. The van der Waals surface area contributed by atoms with Gasteiger partial charge in [-0.2, -0.15) is 0 Å². The number of pyridine rings is 1. The van der Waals surface area contributed by atoms with Crippen molar-refractivity contribution in [1.82, 2.24) is 15.2 Å². The zero-order valence-corrected chi connectivity index (χ0v) is 14.6. The summed E-state index contributed by atoms with van der Waals surface area (Å²) in [6.45, 7) is 1.20. The number of ether oxygens (including phenoxy) is 2. The van der Waals surface area contributed by atoms with E-state index in [0.29, 0.717) is 6.54 Å². The van der Waals surface area contributed by atoms with Crippen molar-refractivity contribution >= 4 is 6.03 Å². The van der Waals surface area contributed by atoms with Crippen molar-refractivity contribution < 1.29 is 14.3 Å². The van der Waals surface area contributed by atoms with Gasteiger partial charge in [-0.1, -0.05) is 6.07 Å².